The zero-order valence-electron chi connectivity index (χ0n) is 13.5. The van der Waals surface area contributed by atoms with Crippen molar-refractivity contribution < 1.29 is 9.84 Å². The average molecular weight is 300 g/mol. The maximum atomic E-state index is 9.86. The standard InChI is InChI=1S/C18H24O2Si/c1-13-11-17(19)14(2)15(3)18(13)20-12-21(4,5)16-9-7-6-8-10-16/h6-11,19H,12H2,1-5H3. The summed E-state index contributed by atoms with van der Waals surface area (Å²) in [5.41, 5.74) is 2.92. The molecule has 0 aliphatic carbocycles. The highest BCUT2D eigenvalue weighted by Crippen LogP contribution is 2.32. The van der Waals surface area contributed by atoms with Gasteiger partial charge in [0.15, 0.2) is 0 Å². The summed E-state index contributed by atoms with van der Waals surface area (Å²) in [4.78, 5) is 0. The fourth-order valence-electron chi connectivity index (χ4n) is 2.48. The molecule has 0 fully saturated rings. The van der Waals surface area contributed by atoms with Gasteiger partial charge in [-0.15, -0.1) is 0 Å². The van der Waals surface area contributed by atoms with Crippen molar-refractivity contribution in [1.29, 1.82) is 0 Å². The predicted octanol–water partition coefficient (Wildman–Crippen LogP) is 3.85. The third-order valence-electron chi connectivity index (χ3n) is 4.13. The number of phenols is 1. The highest BCUT2D eigenvalue weighted by molar-refractivity contribution is 6.89. The van der Waals surface area contributed by atoms with Crippen molar-refractivity contribution in [3.8, 4) is 11.5 Å². The molecule has 2 nitrogen and oxygen atoms in total. The van der Waals surface area contributed by atoms with Crippen LogP contribution in [0.25, 0.3) is 0 Å². The molecule has 0 aromatic heterocycles. The Balaban J connectivity index is 2.23. The summed E-state index contributed by atoms with van der Waals surface area (Å²) in [5.74, 6) is 1.26. The van der Waals surface area contributed by atoms with Gasteiger partial charge in [-0.25, -0.2) is 0 Å². The van der Waals surface area contributed by atoms with Crippen molar-refractivity contribution in [1.82, 2.24) is 0 Å². The first-order valence-electron chi connectivity index (χ1n) is 7.31. The molecule has 3 heteroatoms. The number of benzene rings is 2. The topological polar surface area (TPSA) is 29.5 Å². The van der Waals surface area contributed by atoms with E-state index in [0.29, 0.717) is 5.75 Å². The van der Waals surface area contributed by atoms with Crippen LogP contribution in [0.5, 0.6) is 11.5 Å². The van der Waals surface area contributed by atoms with Gasteiger partial charge in [-0.05, 0) is 43.5 Å². The highest BCUT2D eigenvalue weighted by atomic mass is 28.3. The van der Waals surface area contributed by atoms with Crippen LogP contribution in [0.1, 0.15) is 16.7 Å². The fourth-order valence-corrected chi connectivity index (χ4v) is 4.25. The molecule has 0 aliphatic heterocycles. The first-order chi connectivity index (χ1) is 9.83. The van der Waals surface area contributed by atoms with Gasteiger partial charge >= 0.3 is 0 Å². The Hall–Kier alpha value is -1.74. The second-order valence-corrected chi connectivity index (χ2v) is 11.0. The zero-order valence-corrected chi connectivity index (χ0v) is 14.5. The lowest BCUT2D eigenvalue weighted by Gasteiger charge is -2.25. The zero-order chi connectivity index (χ0) is 15.6. The highest BCUT2D eigenvalue weighted by Gasteiger charge is 2.25. The molecular formula is C18H24O2Si. The number of hydrogen-bond acceptors (Lipinski definition) is 2. The molecular weight excluding hydrogens is 276 g/mol. The van der Waals surface area contributed by atoms with Gasteiger partial charge in [-0.3, -0.25) is 0 Å². The molecule has 0 amide bonds. The van der Waals surface area contributed by atoms with E-state index in [2.05, 4.69) is 37.4 Å². The summed E-state index contributed by atoms with van der Waals surface area (Å²) >= 11 is 0. The quantitative estimate of drug-likeness (QED) is 0.869. The second kappa shape index (κ2) is 5.94. The maximum absolute atomic E-state index is 9.86. The normalized spacial score (nSPS) is 11.5. The number of rotatable bonds is 4. The van der Waals surface area contributed by atoms with E-state index in [1.54, 1.807) is 6.07 Å². The first kappa shape index (κ1) is 15.6. The summed E-state index contributed by atoms with van der Waals surface area (Å²) in [7, 11) is -1.62. The van der Waals surface area contributed by atoms with Gasteiger partial charge in [-0.2, -0.15) is 0 Å². The van der Waals surface area contributed by atoms with E-state index in [1.807, 2.05) is 26.8 Å². The van der Waals surface area contributed by atoms with Gasteiger partial charge in [-0.1, -0.05) is 48.6 Å². The molecule has 1 N–H and O–H groups in total. The van der Waals surface area contributed by atoms with Crippen molar-refractivity contribution in [2.75, 3.05) is 6.23 Å². The van der Waals surface area contributed by atoms with Crippen LogP contribution in [-0.4, -0.2) is 19.4 Å². The number of hydrogen-bond donors (Lipinski definition) is 1. The maximum Gasteiger partial charge on any atom is 0.125 e. The molecule has 2 aromatic carbocycles. The van der Waals surface area contributed by atoms with Crippen LogP contribution in [0.4, 0.5) is 0 Å². The summed E-state index contributed by atoms with van der Waals surface area (Å²) in [6.07, 6.45) is 0.739. The number of ether oxygens (including phenoxy) is 1. The summed E-state index contributed by atoms with van der Waals surface area (Å²) in [6.45, 7) is 10.6. The van der Waals surface area contributed by atoms with Crippen molar-refractivity contribution in [2.24, 2.45) is 0 Å². The van der Waals surface area contributed by atoms with Crippen molar-refractivity contribution in [3.05, 3.63) is 53.1 Å². The Morgan fingerprint density at radius 1 is 1.00 bits per heavy atom. The molecule has 21 heavy (non-hydrogen) atoms. The van der Waals surface area contributed by atoms with Gasteiger partial charge in [0.05, 0.1) is 6.23 Å². The lowest BCUT2D eigenvalue weighted by atomic mass is 10.0. The minimum absolute atomic E-state index is 0.344. The van der Waals surface area contributed by atoms with Gasteiger partial charge in [0.1, 0.15) is 19.6 Å². The minimum Gasteiger partial charge on any atom is -0.508 e. The third-order valence-corrected chi connectivity index (χ3v) is 6.89. The van der Waals surface area contributed by atoms with E-state index in [9.17, 15) is 5.11 Å². The van der Waals surface area contributed by atoms with Crippen LogP contribution >= 0.6 is 0 Å². The van der Waals surface area contributed by atoms with Gasteiger partial charge in [0, 0.05) is 0 Å². The lowest BCUT2D eigenvalue weighted by molar-refractivity contribution is 0.371. The van der Waals surface area contributed by atoms with E-state index in [-0.39, 0.29) is 0 Å². The third kappa shape index (κ3) is 3.30. The molecule has 0 unspecified atom stereocenters. The lowest BCUT2D eigenvalue weighted by Crippen LogP contribution is -2.47. The Kier molecular flexibility index (Phi) is 4.42. The molecule has 2 rings (SSSR count). The Morgan fingerprint density at radius 2 is 1.62 bits per heavy atom. The van der Waals surface area contributed by atoms with Gasteiger partial charge in [0.2, 0.25) is 0 Å². The van der Waals surface area contributed by atoms with Gasteiger partial charge in [0.25, 0.3) is 0 Å². The van der Waals surface area contributed by atoms with Crippen LogP contribution in [0, 0.1) is 20.8 Å². The summed E-state index contributed by atoms with van der Waals surface area (Å²) < 4.78 is 6.17. The van der Waals surface area contributed by atoms with Crippen molar-refractivity contribution >= 4 is 13.3 Å². The predicted molar refractivity (Wildman–Crippen MR) is 91.4 cm³/mol. The molecule has 0 saturated heterocycles. The summed E-state index contributed by atoms with van der Waals surface area (Å²) in [5, 5.41) is 11.3. The van der Waals surface area contributed by atoms with E-state index >= 15 is 0 Å². The Morgan fingerprint density at radius 3 is 2.24 bits per heavy atom. The second-order valence-electron chi connectivity index (χ2n) is 6.33. The van der Waals surface area contributed by atoms with Crippen LogP contribution in [0.3, 0.4) is 0 Å². The largest absolute Gasteiger partial charge is 0.508 e. The fraction of sp³-hybridized carbons (Fsp3) is 0.333. The van der Waals surface area contributed by atoms with Crippen LogP contribution in [0.2, 0.25) is 13.1 Å². The molecule has 0 bridgehead atoms. The smallest absolute Gasteiger partial charge is 0.125 e. The first-order valence-corrected chi connectivity index (χ1v) is 10.5. The molecule has 0 radical (unpaired) electrons. The molecule has 0 saturated carbocycles. The molecule has 2 aromatic rings. The number of phenolic OH excluding ortho intramolecular Hbond substituents is 1. The van der Waals surface area contributed by atoms with E-state index in [4.69, 9.17) is 4.74 Å². The number of aryl methyl sites for hydroxylation is 1. The molecule has 112 valence electrons. The van der Waals surface area contributed by atoms with Crippen LogP contribution in [0.15, 0.2) is 36.4 Å². The minimum atomic E-state index is -1.62. The van der Waals surface area contributed by atoms with E-state index < -0.39 is 8.07 Å². The van der Waals surface area contributed by atoms with Crippen molar-refractivity contribution in [3.63, 3.8) is 0 Å². The van der Waals surface area contributed by atoms with Crippen LogP contribution in [-0.2, 0) is 0 Å². The SMILES string of the molecule is Cc1cc(O)c(C)c(C)c1OC[Si](C)(C)c1ccccc1. The molecule has 0 aliphatic rings. The van der Waals surface area contributed by atoms with Crippen LogP contribution < -0.4 is 9.92 Å². The van der Waals surface area contributed by atoms with Crippen molar-refractivity contribution in [2.45, 2.75) is 33.9 Å². The molecule has 0 spiro atoms. The van der Waals surface area contributed by atoms with E-state index in [0.717, 1.165) is 28.7 Å². The monoisotopic (exact) mass is 300 g/mol. The summed E-state index contributed by atoms with van der Waals surface area (Å²) in [6, 6.07) is 12.4. The average Bonchev–Trinajstić information content (AvgIpc) is 2.45. The molecule has 0 heterocycles. The number of aromatic hydroxyl groups is 1. The Bertz CT molecular complexity index is 633. The van der Waals surface area contributed by atoms with Gasteiger partial charge < -0.3 is 9.84 Å². The Labute approximate surface area is 128 Å². The molecule has 0 atom stereocenters. The van der Waals surface area contributed by atoms with E-state index in [1.165, 1.54) is 5.19 Å².